The Balaban J connectivity index is 1.84. The first kappa shape index (κ1) is 11.9. The Labute approximate surface area is 112 Å². The molecule has 1 atom stereocenters. The van der Waals surface area contributed by atoms with Crippen molar-refractivity contribution >= 4 is 26.7 Å². The largest absolute Gasteiger partial charge is 0.345 e. The molecule has 0 saturated carbocycles. The van der Waals surface area contributed by atoms with Gasteiger partial charge in [-0.15, -0.1) is 0 Å². The van der Waals surface area contributed by atoms with Crippen molar-refractivity contribution in [2.24, 2.45) is 5.73 Å². The molecule has 96 valence electrons. The molecule has 0 aliphatic carbocycles. The van der Waals surface area contributed by atoms with Crippen molar-refractivity contribution in [1.29, 1.82) is 0 Å². The Morgan fingerprint density at radius 3 is 3.11 bits per heavy atom. The molecular formula is C14H19N3S. The summed E-state index contributed by atoms with van der Waals surface area (Å²) >= 11 is 1.82. The standard InChI is InChI=1S/C14H19N3S/c15-9-3-5-11-6-4-10-17(11)14-16-12-7-1-2-8-13(12)18-14/h1-2,7-8,11H,3-6,9-10,15H2. The maximum atomic E-state index is 5.62. The third-order valence-electron chi connectivity index (χ3n) is 3.65. The Hall–Kier alpha value is -1.13. The van der Waals surface area contributed by atoms with Crippen molar-refractivity contribution in [3.05, 3.63) is 24.3 Å². The fourth-order valence-electron chi connectivity index (χ4n) is 2.72. The number of benzene rings is 1. The number of hydrogen-bond acceptors (Lipinski definition) is 4. The molecule has 1 aliphatic heterocycles. The summed E-state index contributed by atoms with van der Waals surface area (Å²) in [5.41, 5.74) is 6.75. The first-order valence-electron chi connectivity index (χ1n) is 6.71. The minimum Gasteiger partial charge on any atom is -0.345 e. The number of thiazole rings is 1. The predicted octanol–water partition coefficient (Wildman–Crippen LogP) is 3.00. The van der Waals surface area contributed by atoms with Crippen molar-refractivity contribution < 1.29 is 0 Å². The molecule has 4 heteroatoms. The van der Waals surface area contributed by atoms with Crippen LogP contribution in [0.25, 0.3) is 10.2 Å². The molecule has 3 rings (SSSR count). The van der Waals surface area contributed by atoms with Gasteiger partial charge in [-0.1, -0.05) is 23.5 Å². The Bertz CT molecular complexity index is 489. The number of nitrogens with zero attached hydrogens (tertiary/aromatic N) is 2. The van der Waals surface area contributed by atoms with E-state index in [-0.39, 0.29) is 0 Å². The topological polar surface area (TPSA) is 42.1 Å². The Morgan fingerprint density at radius 1 is 1.39 bits per heavy atom. The maximum Gasteiger partial charge on any atom is 0.186 e. The summed E-state index contributed by atoms with van der Waals surface area (Å²) in [5.74, 6) is 0. The van der Waals surface area contributed by atoms with Crippen LogP contribution >= 0.6 is 11.3 Å². The van der Waals surface area contributed by atoms with Crippen molar-refractivity contribution in [3.8, 4) is 0 Å². The van der Waals surface area contributed by atoms with Crippen LogP contribution in [-0.2, 0) is 0 Å². The average Bonchev–Trinajstić information content (AvgIpc) is 3.01. The second-order valence-electron chi connectivity index (χ2n) is 4.88. The smallest absolute Gasteiger partial charge is 0.186 e. The van der Waals surface area contributed by atoms with Gasteiger partial charge >= 0.3 is 0 Å². The van der Waals surface area contributed by atoms with Crippen LogP contribution in [0.4, 0.5) is 5.13 Å². The lowest BCUT2D eigenvalue weighted by molar-refractivity contribution is 0.585. The molecule has 1 fully saturated rings. The van der Waals surface area contributed by atoms with Crippen molar-refractivity contribution in [3.63, 3.8) is 0 Å². The molecule has 1 saturated heterocycles. The predicted molar refractivity (Wildman–Crippen MR) is 78.3 cm³/mol. The van der Waals surface area contributed by atoms with E-state index < -0.39 is 0 Å². The molecule has 0 spiro atoms. The van der Waals surface area contributed by atoms with E-state index in [1.165, 1.54) is 29.1 Å². The minimum atomic E-state index is 0.647. The van der Waals surface area contributed by atoms with Crippen LogP contribution < -0.4 is 10.6 Å². The van der Waals surface area contributed by atoms with Crippen LogP contribution in [0.1, 0.15) is 25.7 Å². The highest BCUT2D eigenvalue weighted by Crippen LogP contribution is 2.34. The van der Waals surface area contributed by atoms with Gasteiger partial charge in [0.1, 0.15) is 0 Å². The van der Waals surface area contributed by atoms with E-state index in [0.29, 0.717) is 6.04 Å². The Kier molecular flexibility index (Phi) is 3.48. The van der Waals surface area contributed by atoms with Gasteiger partial charge in [-0.25, -0.2) is 4.98 Å². The number of nitrogens with two attached hydrogens (primary N) is 1. The van der Waals surface area contributed by atoms with E-state index >= 15 is 0 Å². The van der Waals surface area contributed by atoms with E-state index in [4.69, 9.17) is 10.7 Å². The van der Waals surface area contributed by atoms with Gasteiger partial charge in [0.2, 0.25) is 0 Å². The number of aromatic nitrogens is 1. The number of rotatable bonds is 4. The minimum absolute atomic E-state index is 0.647. The van der Waals surface area contributed by atoms with E-state index in [2.05, 4.69) is 29.2 Å². The van der Waals surface area contributed by atoms with Crippen LogP contribution in [0, 0.1) is 0 Å². The second kappa shape index (κ2) is 5.24. The lowest BCUT2D eigenvalue weighted by atomic mass is 10.1. The first-order valence-corrected chi connectivity index (χ1v) is 7.52. The molecule has 18 heavy (non-hydrogen) atoms. The summed E-state index contributed by atoms with van der Waals surface area (Å²) in [4.78, 5) is 7.25. The van der Waals surface area contributed by atoms with Crippen molar-refractivity contribution in [2.75, 3.05) is 18.0 Å². The van der Waals surface area contributed by atoms with Gasteiger partial charge in [0.25, 0.3) is 0 Å². The molecule has 1 aromatic heterocycles. The summed E-state index contributed by atoms with van der Waals surface area (Å²) in [5, 5.41) is 1.19. The van der Waals surface area contributed by atoms with E-state index in [9.17, 15) is 0 Å². The van der Waals surface area contributed by atoms with Gasteiger partial charge in [-0.05, 0) is 44.4 Å². The summed E-state index contributed by atoms with van der Waals surface area (Å²) < 4.78 is 1.29. The Morgan fingerprint density at radius 2 is 2.28 bits per heavy atom. The lowest BCUT2D eigenvalue weighted by Crippen LogP contribution is -2.29. The van der Waals surface area contributed by atoms with Gasteiger partial charge < -0.3 is 10.6 Å². The van der Waals surface area contributed by atoms with Gasteiger partial charge in [0, 0.05) is 12.6 Å². The highest BCUT2D eigenvalue weighted by molar-refractivity contribution is 7.22. The average molecular weight is 261 g/mol. The van der Waals surface area contributed by atoms with Gasteiger partial charge in [0.05, 0.1) is 10.2 Å². The maximum absolute atomic E-state index is 5.62. The van der Waals surface area contributed by atoms with E-state index in [0.717, 1.165) is 25.0 Å². The third kappa shape index (κ3) is 2.22. The van der Waals surface area contributed by atoms with Crippen LogP contribution in [0.5, 0.6) is 0 Å². The molecule has 1 aliphatic rings. The van der Waals surface area contributed by atoms with Crippen LogP contribution in [0.15, 0.2) is 24.3 Å². The number of hydrogen-bond donors (Lipinski definition) is 1. The summed E-state index contributed by atoms with van der Waals surface area (Å²) in [6.07, 6.45) is 4.89. The summed E-state index contributed by atoms with van der Waals surface area (Å²) in [6.45, 7) is 1.94. The first-order chi connectivity index (χ1) is 8.88. The van der Waals surface area contributed by atoms with Crippen molar-refractivity contribution in [1.82, 2.24) is 4.98 Å². The quantitative estimate of drug-likeness (QED) is 0.920. The fraction of sp³-hybridized carbons (Fsp3) is 0.500. The normalized spacial score (nSPS) is 19.8. The molecule has 0 radical (unpaired) electrons. The second-order valence-corrected chi connectivity index (χ2v) is 5.89. The molecule has 2 N–H and O–H groups in total. The molecule has 3 nitrogen and oxygen atoms in total. The molecule has 2 heterocycles. The molecule has 1 aromatic carbocycles. The van der Waals surface area contributed by atoms with Gasteiger partial charge in [-0.2, -0.15) is 0 Å². The highest BCUT2D eigenvalue weighted by Gasteiger charge is 2.26. The number of fused-ring (bicyclic) bond motifs is 1. The zero-order chi connectivity index (χ0) is 12.4. The van der Waals surface area contributed by atoms with Gasteiger partial charge in [-0.3, -0.25) is 0 Å². The van der Waals surface area contributed by atoms with Crippen LogP contribution in [0.2, 0.25) is 0 Å². The van der Waals surface area contributed by atoms with Crippen molar-refractivity contribution in [2.45, 2.75) is 31.7 Å². The molecular weight excluding hydrogens is 242 g/mol. The molecule has 0 amide bonds. The summed E-state index contributed by atoms with van der Waals surface area (Å²) in [6, 6.07) is 9.04. The SMILES string of the molecule is NCCCC1CCCN1c1nc2ccccc2s1. The number of para-hydroxylation sites is 1. The molecule has 2 aromatic rings. The molecule has 1 unspecified atom stereocenters. The van der Waals surface area contributed by atoms with Gasteiger partial charge in [0.15, 0.2) is 5.13 Å². The fourth-order valence-corrected chi connectivity index (χ4v) is 3.79. The summed E-state index contributed by atoms with van der Waals surface area (Å²) in [7, 11) is 0. The monoisotopic (exact) mass is 261 g/mol. The zero-order valence-corrected chi connectivity index (χ0v) is 11.3. The lowest BCUT2D eigenvalue weighted by Gasteiger charge is -2.23. The van der Waals surface area contributed by atoms with Crippen LogP contribution in [-0.4, -0.2) is 24.1 Å². The number of anilines is 1. The highest BCUT2D eigenvalue weighted by atomic mass is 32.1. The van der Waals surface area contributed by atoms with E-state index in [1.807, 2.05) is 11.3 Å². The van der Waals surface area contributed by atoms with E-state index in [1.54, 1.807) is 0 Å². The van der Waals surface area contributed by atoms with Crippen LogP contribution in [0.3, 0.4) is 0 Å². The zero-order valence-electron chi connectivity index (χ0n) is 10.5. The molecule has 0 bridgehead atoms. The third-order valence-corrected chi connectivity index (χ3v) is 4.72.